The summed E-state index contributed by atoms with van der Waals surface area (Å²) in [4.78, 5) is 0.617. The van der Waals surface area contributed by atoms with Gasteiger partial charge in [0.1, 0.15) is 24.2 Å². The van der Waals surface area contributed by atoms with E-state index < -0.39 is 16.9 Å². The average molecular weight is 358 g/mol. The Morgan fingerprint density at radius 1 is 1.29 bits per heavy atom. The maximum absolute atomic E-state index is 11.9. The molecule has 0 aliphatic rings. The van der Waals surface area contributed by atoms with Gasteiger partial charge < -0.3 is 19.9 Å². The molecule has 1 rings (SSSR count). The molecule has 138 valence electrons. The van der Waals surface area contributed by atoms with Gasteiger partial charge in [0.25, 0.3) is 0 Å². The van der Waals surface area contributed by atoms with Gasteiger partial charge in [0.05, 0.1) is 22.3 Å². The average Bonchev–Trinajstić information content (AvgIpc) is 2.51. The van der Waals surface area contributed by atoms with Crippen molar-refractivity contribution in [1.82, 2.24) is 5.32 Å². The molecule has 0 saturated heterocycles. The van der Waals surface area contributed by atoms with Crippen LogP contribution in [0.2, 0.25) is 0 Å². The summed E-state index contributed by atoms with van der Waals surface area (Å²) in [5.74, 6) is 1.21. The minimum atomic E-state index is -1.17. The fourth-order valence-corrected chi connectivity index (χ4v) is 2.62. The molecule has 0 saturated carbocycles. The zero-order valence-electron chi connectivity index (χ0n) is 15.4. The maximum atomic E-state index is 11.9. The molecule has 0 fully saturated rings. The van der Waals surface area contributed by atoms with Crippen LogP contribution in [-0.4, -0.2) is 47.0 Å². The first kappa shape index (κ1) is 20.9. The van der Waals surface area contributed by atoms with E-state index in [1.54, 1.807) is 24.5 Å². The third kappa shape index (κ3) is 8.13. The fourth-order valence-electron chi connectivity index (χ4n) is 1.92. The van der Waals surface area contributed by atoms with Crippen LogP contribution in [0.15, 0.2) is 23.1 Å². The van der Waals surface area contributed by atoms with E-state index in [1.807, 2.05) is 20.8 Å². The standard InChI is InChI=1S/C18H31NO4S/c1-6-7-10-22-16-9-8-15(11-17(16)24(5)21)23-13-14(20)12-19-18(2,3)4/h8-9,11,14,19-20H,6-7,10,12-13H2,1-5H3. The van der Waals surface area contributed by atoms with Crippen LogP contribution in [0.5, 0.6) is 11.5 Å². The number of nitrogens with one attached hydrogen (secondary N) is 1. The third-order valence-corrected chi connectivity index (χ3v) is 4.23. The number of aliphatic hydroxyl groups excluding tert-OH is 1. The van der Waals surface area contributed by atoms with Gasteiger partial charge in [-0.05, 0) is 45.4 Å². The lowest BCUT2D eigenvalue weighted by Gasteiger charge is -2.23. The molecule has 0 aliphatic carbocycles. The second kappa shape index (κ2) is 10.0. The van der Waals surface area contributed by atoms with E-state index >= 15 is 0 Å². The van der Waals surface area contributed by atoms with Crippen molar-refractivity contribution in [3.63, 3.8) is 0 Å². The quantitative estimate of drug-likeness (QED) is 0.630. The lowest BCUT2D eigenvalue weighted by molar-refractivity contribution is 0.0999. The number of unbranched alkanes of at least 4 members (excludes halogenated alkanes) is 1. The van der Waals surface area contributed by atoms with Gasteiger partial charge in [0.2, 0.25) is 0 Å². The normalized spacial score (nSPS) is 14.2. The predicted molar refractivity (Wildman–Crippen MR) is 98.4 cm³/mol. The minimum Gasteiger partial charge on any atom is -0.492 e. The van der Waals surface area contributed by atoms with Crippen LogP contribution in [0.1, 0.15) is 40.5 Å². The van der Waals surface area contributed by atoms with Crippen molar-refractivity contribution < 1.29 is 18.8 Å². The summed E-state index contributed by atoms with van der Waals surface area (Å²) in [6.07, 6.45) is 3.02. The molecule has 0 amide bonds. The van der Waals surface area contributed by atoms with Crippen LogP contribution >= 0.6 is 0 Å². The zero-order chi connectivity index (χ0) is 18.2. The van der Waals surface area contributed by atoms with Crippen LogP contribution in [0.4, 0.5) is 0 Å². The molecule has 0 bridgehead atoms. The first-order valence-electron chi connectivity index (χ1n) is 8.39. The highest BCUT2D eigenvalue weighted by atomic mass is 32.2. The van der Waals surface area contributed by atoms with Crippen LogP contribution in [0.3, 0.4) is 0 Å². The molecule has 24 heavy (non-hydrogen) atoms. The second-order valence-corrected chi connectivity index (χ2v) is 8.21. The van der Waals surface area contributed by atoms with E-state index in [0.717, 1.165) is 12.8 Å². The first-order chi connectivity index (χ1) is 11.2. The van der Waals surface area contributed by atoms with Gasteiger partial charge in [-0.3, -0.25) is 4.21 Å². The van der Waals surface area contributed by atoms with E-state index in [4.69, 9.17) is 9.47 Å². The van der Waals surface area contributed by atoms with E-state index in [2.05, 4.69) is 12.2 Å². The van der Waals surface area contributed by atoms with Crippen molar-refractivity contribution in [3.8, 4) is 11.5 Å². The van der Waals surface area contributed by atoms with E-state index in [1.165, 1.54) is 0 Å². The van der Waals surface area contributed by atoms with Crippen molar-refractivity contribution in [2.45, 2.75) is 57.1 Å². The van der Waals surface area contributed by atoms with Crippen LogP contribution in [-0.2, 0) is 10.8 Å². The monoisotopic (exact) mass is 357 g/mol. The highest BCUT2D eigenvalue weighted by Crippen LogP contribution is 2.27. The molecule has 0 aliphatic heterocycles. The Bertz CT molecular complexity index is 528. The van der Waals surface area contributed by atoms with E-state index in [-0.39, 0.29) is 12.1 Å². The molecule has 0 radical (unpaired) electrons. The Morgan fingerprint density at radius 3 is 2.58 bits per heavy atom. The van der Waals surface area contributed by atoms with Crippen LogP contribution < -0.4 is 14.8 Å². The van der Waals surface area contributed by atoms with Gasteiger partial charge in [-0.25, -0.2) is 0 Å². The van der Waals surface area contributed by atoms with Gasteiger partial charge >= 0.3 is 0 Å². The van der Waals surface area contributed by atoms with Crippen molar-refractivity contribution in [3.05, 3.63) is 18.2 Å². The van der Waals surface area contributed by atoms with Gasteiger partial charge in [-0.2, -0.15) is 0 Å². The Balaban J connectivity index is 2.62. The number of aliphatic hydroxyl groups is 1. The summed E-state index contributed by atoms with van der Waals surface area (Å²) in [6.45, 7) is 9.46. The maximum Gasteiger partial charge on any atom is 0.135 e. The summed E-state index contributed by atoms with van der Waals surface area (Å²) >= 11 is 0. The molecule has 0 heterocycles. The van der Waals surface area contributed by atoms with Crippen molar-refractivity contribution in [1.29, 1.82) is 0 Å². The Hall–Kier alpha value is -1.11. The molecular weight excluding hydrogens is 326 g/mol. The first-order valence-corrected chi connectivity index (χ1v) is 9.95. The minimum absolute atomic E-state index is 0.0509. The Morgan fingerprint density at radius 2 is 2.00 bits per heavy atom. The molecule has 0 aromatic heterocycles. The summed E-state index contributed by atoms with van der Waals surface area (Å²) in [7, 11) is -1.17. The van der Waals surface area contributed by atoms with E-state index in [0.29, 0.717) is 29.5 Å². The number of hydrogen-bond donors (Lipinski definition) is 2. The Labute approximate surface area is 148 Å². The fraction of sp³-hybridized carbons (Fsp3) is 0.667. The molecule has 5 nitrogen and oxygen atoms in total. The molecule has 2 N–H and O–H groups in total. The zero-order valence-corrected chi connectivity index (χ0v) is 16.2. The molecule has 2 atom stereocenters. The number of benzene rings is 1. The van der Waals surface area contributed by atoms with Gasteiger partial charge in [0.15, 0.2) is 0 Å². The summed E-state index contributed by atoms with van der Waals surface area (Å²) in [6, 6.07) is 5.28. The number of rotatable bonds is 10. The molecule has 1 aromatic rings. The molecule has 1 aromatic carbocycles. The van der Waals surface area contributed by atoms with Crippen LogP contribution in [0, 0.1) is 0 Å². The summed E-state index contributed by atoms with van der Waals surface area (Å²) < 4.78 is 23.2. The second-order valence-electron chi connectivity index (χ2n) is 6.86. The van der Waals surface area contributed by atoms with Crippen molar-refractivity contribution in [2.75, 3.05) is 26.0 Å². The number of β-amino-alcohol motifs (C(OH)–C–C–N with tert-alkyl or cyclic N) is 1. The molecule has 0 spiro atoms. The lowest BCUT2D eigenvalue weighted by Crippen LogP contribution is -2.42. The largest absolute Gasteiger partial charge is 0.492 e. The van der Waals surface area contributed by atoms with Crippen LogP contribution in [0.25, 0.3) is 0 Å². The van der Waals surface area contributed by atoms with Crippen molar-refractivity contribution >= 4 is 10.8 Å². The summed E-state index contributed by atoms with van der Waals surface area (Å²) in [5, 5.41) is 13.2. The van der Waals surface area contributed by atoms with E-state index in [9.17, 15) is 9.32 Å². The van der Waals surface area contributed by atoms with Gasteiger partial charge in [-0.15, -0.1) is 0 Å². The number of ether oxygens (including phenoxy) is 2. The predicted octanol–water partition coefficient (Wildman–Crippen LogP) is 2.73. The molecule has 6 heteroatoms. The van der Waals surface area contributed by atoms with Crippen molar-refractivity contribution in [2.24, 2.45) is 0 Å². The molecule has 2 unspecified atom stereocenters. The summed E-state index contributed by atoms with van der Waals surface area (Å²) in [5.41, 5.74) is -0.0509. The topological polar surface area (TPSA) is 67.8 Å². The lowest BCUT2D eigenvalue weighted by atomic mass is 10.1. The SMILES string of the molecule is CCCCOc1ccc(OCC(O)CNC(C)(C)C)cc1S(C)=O. The smallest absolute Gasteiger partial charge is 0.135 e. The third-order valence-electron chi connectivity index (χ3n) is 3.29. The Kier molecular flexibility index (Phi) is 8.73. The van der Waals surface area contributed by atoms with Gasteiger partial charge in [-0.1, -0.05) is 13.3 Å². The number of hydrogen-bond acceptors (Lipinski definition) is 5. The highest BCUT2D eigenvalue weighted by Gasteiger charge is 2.14. The highest BCUT2D eigenvalue weighted by molar-refractivity contribution is 7.84. The van der Waals surface area contributed by atoms with Gasteiger partial charge in [0, 0.05) is 18.3 Å². The molecular formula is C18H31NO4S.